The third-order valence-corrected chi connectivity index (χ3v) is 5.94. The number of rotatable bonds is 5. The monoisotopic (exact) mass is 466 g/mol. The Morgan fingerprint density at radius 2 is 1.53 bits per heavy atom. The highest BCUT2D eigenvalue weighted by atomic mass is 35.5. The molecule has 162 valence electrons. The number of hydrogen-bond donors (Lipinski definition) is 2. The summed E-state index contributed by atoms with van der Waals surface area (Å²) in [5, 5.41) is 13.3. The van der Waals surface area contributed by atoms with E-state index < -0.39 is 10.0 Å². The summed E-state index contributed by atoms with van der Waals surface area (Å²) in [7, 11) is -3.80. The predicted octanol–water partition coefficient (Wildman–Crippen LogP) is 4.47. The van der Waals surface area contributed by atoms with Crippen molar-refractivity contribution in [2.75, 3.05) is 5.32 Å². The number of nitrogens with one attached hydrogen (secondary N) is 1. The summed E-state index contributed by atoms with van der Waals surface area (Å²) >= 11 is 6.01. The summed E-state index contributed by atoms with van der Waals surface area (Å²) in [5.41, 5.74) is 4.60. The summed E-state index contributed by atoms with van der Waals surface area (Å²) in [6, 6.07) is 22.8. The summed E-state index contributed by atoms with van der Waals surface area (Å²) in [5.74, 6) is -0.150. The molecule has 1 aromatic heterocycles. The standard InChI is InChI=1S/C23H19ClN4O3S/c1-15(29)26-19-8-4-17(5-9-19)23-14-22(16-2-6-18(24)7-3-16)27-28(23)20-10-12-21(13-11-20)32(25,30)31/h2-14H,1H3,(H,26,29)(H2,25,30,31). The Morgan fingerprint density at radius 3 is 2.09 bits per heavy atom. The minimum Gasteiger partial charge on any atom is -0.326 e. The van der Waals surface area contributed by atoms with Crippen molar-refractivity contribution in [3.8, 4) is 28.2 Å². The maximum Gasteiger partial charge on any atom is 0.238 e. The Bertz CT molecular complexity index is 1380. The van der Waals surface area contributed by atoms with Crippen LogP contribution in [0.1, 0.15) is 6.92 Å². The predicted molar refractivity (Wildman–Crippen MR) is 125 cm³/mol. The molecule has 3 aromatic carbocycles. The van der Waals surface area contributed by atoms with Crippen molar-refractivity contribution >= 4 is 33.2 Å². The van der Waals surface area contributed by atoms with Crippen molar-refractivity contribution in [2.45, 2.75) is 11.8 Å². The summed E-state index contributed by atoms with van der Waals surface area (Å²) in [6.45, 7) is 1.45. The average Bonchev–Trinajstić information content (AvgIpc) is 3.19. The van der Waals surface area contributed by atoms with E-state index in [9.17, 15) is 13.2 Å². The van der Waals surface area contributed by atoms with E-state index in [1.807, 2.05) is 30.3 Å². The second-order valence-electron chi connectivity index (χ2n) is 7.13. The second kappa shape index (κ2) is 8.58. The highest BCUT2D eigenvalue weighted by molar-refractivity contribution is 7.89. The zero-order valence-electron chi connectivity index (χ0n) is 17.0. The number of primary sulfonamides is 1. The molecule has 0 saturated carbocycles. The smallest absolute Gasteiger partial charge is 0.238 e. The lowest BCUT2D eigenvalue weighted by Gasteiger charge is -2.09. The van der Waals surface area contributed by atoms with Gasteiger partial charge in [-0.2, -0.15) is 5.10 Å². The Balaban J connectivity index is 1.82. The fourth-order valence-corrected chi connectivity index (χ4v) is 3.89. The van der Waals surface area contributed by atoms with Gasteiger partial charge in [-0.15, -0.1) is 0 Å². The summed E-state index contributed by atoms with van der Waals surface area (Å²) < 4.78 is 24.9. The van der Waals surface area contributed by atoms with Crippen LogP contribution in [0.5, 0.6) is 0 Å². The molecule has 0 atom stereocenters. The van der Waals surface area contributed by atoms with Gasteiger partial charge in [0, 0.05) is 28.8 Å². The third-order valence-electron chi connectivity index (χ3n) is 4.76. The highest BCUT2D eigenvalue weighted by Crippen LogP contribution is 2.30. The van der Waals surface area contributed by atoms with Crippen LogP contribution < -0.4 is 10.5 Å². The van der Waals surface area contributed by atoms with Gasteiger partial charge >= 0.3 is 0 Å². The number of sulfonamides is 1. The van der Waals surface area contributed by atoms with Gasteiger partial charge in [0.1, 0.15) is 0 Å². The SMILES string of the molecule is CC(=O)Nc1ccc(-c2cc(-c3ccc(Cl)cc3)nn2-c2ccc(S(N)(=O)=O)cc2)cc1. The molecule has 0 fully saturated rings. The lowest BCUT2D eigenvalue weighted by molar-refractivity contribution is -0.114. The Kier molecular flexibility index (Phi) is 5.84. The molecule has 32 heavy (non-hydrogen) atoms. The number of anilines is 1. The number of carbonyl (C=O) groups excluding carboxylic acids is 1. The Labute approximate surface area is 190 Å². The number of carbonyl (C=O) groups is 1. The van der Waals surface area contributed by atoms with E-state index in [1.165, 1.54) is 19.1 Å². The van der Waals surface area contributed by atoms with Crippen LogP contribution in [-0.4, -0.2) is 24.1 Å². The van der Waals surface area contributed by atoms with Gasteiger partial charge in [-0.1, -0.05) is 35.9 Å². The number of amides is 1. The molecular weight excluding hydrogens is 448 g/mol. The van der Waals surface area contributed by atoms with Gasteiger partial charge < -0.3 is 5.32 Å². The molecule has 7 nitrogen and oxygen atoms in total. The molecule has 0 saturated heterocycles. The normalized spacial score (nSPS) is 11.3. The number of aromatic nitrogens is 2. The summed E-state index contributed by atoms with van der Waals surface area (Å²) in [6.07, 6.45) is 0. The van der Waals surface area contributed by atoms with Crippen molar-refractivity contribution in [1.29, 1.82) is 0 Å². The number of hydrogen-bond acceptors (Lipinski definition) is 4. The molecule has 0 aliphatic rings. The van der Waals surface area contributed by atoms with Gasteiger partial charge in [0.05, 0.1) is 22.0 Å². The molecule has 1 heterocycles. The van der Waals surface area contributed by atoms with Crippen LogP contribution >= 0.6 is 11.6 Å². The molecule has 4 aromatic rings. The first-order valence-corrected chi connectivity index (χ1v) is 11.5. The van der Waals surface area contributed by atoms with Gasteiger partial charge in [-0.05, 0) is 54.6 Å². The maximum absolute atomic E-state index is 11.6. The molecule has 0 aliphatic carbocycles. The summed E-state index contributed by atoms with van der Waals surface area (Å²) in [4.78, 5) is 11.3. The Hall–Kier alpha value is -3.46. The zero-order chi connectivity index (χ0) is 22.9. The third kappa shape index (κ3) is 4.72. The van der Waals surface area contributed by atoms with Crippen molar-refractivity contribution in [3.63, 3.8) is 0 Å². The van der Waals surface area contributed by atoms with Gasteiger partial charge in [0.25, 0.3) is 0 Å². The highest BCUT2D eigenvalue weighted by Gasteiger charge is 2.15. The molecule has 0 unspecified atom stereocenters. The fourth-order valence-electron chi connectivity index (χ4n) is 3.25. The van der Waals surface area contributed by atoms with Crippen LogP contribution in [0.4, 0.5) is 5.69 Å². The molecule has 0 bridgehead atoms. The Morgan fingerprint density at radius 1 is 0.938 bits per heavy atom. The lowest BCUT2D eigenvalue weighted by Crippen LogP contribution is -2.12. The second-order valence-corrected chi connectivity index (χ2v) is 9.13. The molecular formula is C23H19ClN4O3S. The van der Waals surface area contributed by atoms with E-state index in [1.54, 1.807) is 41.1 Å². The first-order valence-electron chi connectivity index (χ1n) is 9.58. The molecule has 3 N–H and O–H groups in total. The topological polar surface area (TPSA) is 107 Å². The minimum atomic E-state index is -3.80. The van der Waals surface area contributed by atoms with Crippen molar-refractivity contribution in [1.82, 2.24) is 9.78 Å². The number of nitrogens with zero attached hydrogens (tertiary/aromatic N) is 2. The molecule has 0 spiro atoms. The van der Waals surface area contributed by atoms with Gasteiger partial charge in [-0.25, -0.2) is 18.2 Å². The van der Waals surface area contributed by atoms with Crippen LogP contribution in [0.2, 0.25) is 5.02 Å². The number of benzene rings is 3. The molecule has 0 aliphatic heterocycles. The van der Waals surface area contributed by atoms with Crippen LogP contribution in [0, 0.1) is 0 Å². The van der Waals surface area contributed by atoms with Crippen molar-refractivity contribution in [3.05, 3.63) is 83.9 Å². The minimum absolute atomic E-state index is 0.0209. The number of nitrogens with two attached hydrogens (primary N) is 1. The van der Waals surface area contributed by atoms with E-state index in [2.05, 4.69) is 5.32 Å². The number of halogens is 1. The molecule has 0 radical (unpaired) electrons. The van der Waals surface area contributed by atoms with Gasteiger partial charge in [0.15, 0.2) is 0 Å². The lowest BCUT2D eigenvalue weighted by atomic mass is 10.1. The maximum atomic E-state index is 11.6. The van der Waals surface area contributed by atoms with Crippen LogP contribution in [0.25, 0.3) is 28.2 Å². The molecule has 9 heteroatoms. The first kappa shape index (κ1) is 21.8. The van der Waals surface area contributed by atoms with Crippen LogP contribution in [-0.2, 0) is 14.8 Å². The van der Waals surface area contributed by atoms with Gasteiger partial charge in [-0.3, -0.25) is 4.79 Å². The van der Waals surface area contributed by atoms with E-state index in [-0.39, 0.29) is 10.8 Å². The zero-order valence-corrected chi connectivity index (χ0v) is 18.6. The molecule has 4 rings (SSSR count). The van der Waals surface area contributed by atoms with E-state index >= 15 is 0 Å². The van der Waals surface area contributed by atoms with E-state index in [4.69, 9.17) is 21.8 Å². The van der Waals surface area contributed by atoms with Crippen LogP contribution in [0.15, 0.2) is 83.8 Å². The van der Waals surface area contributed by atoms with Crippen molar-refractivity contribution < 1.29 is 13.2 Å². The van der Waals surface area contributed by atoms with Crippen molar-refractivity contribution in [2.24, 2.45) is 5.14 Å². The molecule has 1 amide bonds. The van der Waals surface area contributed by atoms with E-state index in [0.717, 1.165) is 22.5 Å². The van der Waals surface area contributed by atoms with Crippen LogP contribution in [0.3, 0.4) is 0 Å². The average molecular weight is 467 g/mol. The van der Waals surface area contributed by atoms with E-state index in [0.29, 0.717) is 16.4 Å². The quantitative estimate of drug-likeness (QED) is 0.452. The largest absolute Gasteiger partial charge is 0.326 e. The fraction of sp³-hybridized carbons (Fsp3) is 0.0435. The van der Waals surface area contributed by atoms with Gasteiger partial charge in [0.2, 0.25) is 15.9 Å². The first-order chi connectivity index (χ1) is 15.2.